The second kappa shape index (κ2) is 7.16. The summed E-state index contributed by atoms with van der Waals surface area (Å²) in [7, 11) is 0. The molecule has 1 N–H and O–H groups in total. The van der Waals surface area contributed by atoms with Crippen LogP contribution >= 0.6 is 23.2 Å². The molecule has 1 aromatic carbocycles. The SMILES string of the molecule is Clc1ccc(OCCCNc2cnccn2)c(Cl)c1. The molecule has 1 heterocycles. The number of nitrogens with zero attached hydrogens (tertiary/aromatic N) is 2. The summed E-state index contributed by atoms with van der Waals surface area (Å²) in [5.74, 6) is 1.40. The number of ether oxygens (including phenoxy) is 1. The summed E-state index contributed by atoms with van der Waals surface area (Å²) < 4.78 is 5.56. The minimum absolute atomic E-state index is 0.523. The fraction of sp³-hybridized carbons (Fsp3) is 0.231. The van der Waals surface area contributed by atoms with Crippen molar-refractivity contribution in [2.45, 2.75) is 6.42 Å². The van der Waals surface area contributed by atoms with Crippen LogP contribution < -0.4 is 10.1 Å². The zero-order chi connectivity index (χ0) is 13.5. The molecule has 2 rings (SSSR count). The number of nitrogens with one attached hydrogen (secondary N) is 1. The van der Waals surface area contributed by atoms with E-state index in [1.807, 2.05) is 0 Å². The van der Waals surface area contributed by atoms with Gasteiger partial charge in [0.25, 0.3) is 0 Å². The fourth-order valence-electron chi connectivity index (χ4n) is 1.45. The first-order valence-corrected chi connectivity index (χ1v) is 6.59. The minimum atomic E-state index is 0.523. The van der Waals surface area contributed by atoms with E-state index < -0.39 is 0 Å². The van der Waals surface area contributed by atoms with Crippen molar-refractivity contribution in [2.75, 3.05) is 18.5 Å². The highest BCUT2D eigenvalue weighted by atomic mass is 35.5. The lowest BCUT2D eigenvalue weighted by molar-refractivity contribution is 0.315. The Morgan fingerprint density at radius 1 is 1.21 bits per heavy atom. The quantitative estimate of drug-likeness (QED) is 0.827. The fourth-order valence-corrected chi connectivity index (χ4v) is 1.92. The Kier molecular flexibility index (Phi) is 5.24. The monoisotopic (exact) mass is 297 g/mol. The predicted octanol–water partition coefficient (Wildman–Crippen LogP) is 3.66. The smallest absolute Gasteiger partial charge is 0.144 e. The molecule has 0 atom stereocenters. The van der Waals surface area contributed by atoms with Gasteiger partial charge in [0, 0.05) is 24.0 Å². The molecule has 1 aromatic heterocycles. The van der Waals surface area contributed by atoms with Crippen LogP contribution in [0.25, 0.3) is 0 Å². The average molecular weight is 298 g/mol. The number of hydrogen-bond acceptors (Lipinski definition) is 4. The van der Waals surface area contributed by atoms with E-state index >= 15 is 0 Å². The molecule has 2 aromatic rings. The van der Waals surface area contributed by atoms with E-state index in [4.69, 9.17) is 27.9 Å². The van der Waals surface area contributed by atoms with Crippen LogP contribution in [0.4, 0.5) is 5.82 Å². The molecule has 0 aliphatic carbocycles. The van der Waals surface area contributed by atoms with Gasteiger partial charge in [0.2, 0.25) is 0 Å². The Morgan fingerprint density at radius 2 is 2.11 bits per heavy atom. The zero-order valence-electron chi connectivity index (χ0n) is 10.1. The van der Waals surface area contributed by atoms with E-state index in [1.54, 1.807) is 36.8 Å². The molecule has 6 heteroatoms. The number of halogens is 2. The van der Waals surface area contributed by atoms with Gasteiger partial charge in [0.15, 0.2) is 0 Å². The second-order valence-corrected chi connectivity index (χ2v) is 4.64. The molecule has 0 saturated carbocycles. The van der Waals surface area contributed by atoms with E-state index in [0.29, 0.717) is 22.4 Å². The van der Waals surface area contributed by atoms with E-state index in [1.165, 1.54) is 0 Å². The summed E-state index contributed by atoms with van der Waals surface area (Å²) in [5.41, 5.74) is 0. The van der Waals surface area contributed by atoms with Gasteiger partial charge < -0.3 is 10.1 Å². The molecular weight excluding hydrogens is 285 g/mol. The average Bonchev–Trinajstić information content (AvgIpc) is 2.42. The van der Waals surface area contributed by atoms with Crippen LogP contribution in [0.15, 0.2) is 36.8 Å². The third-order valence-electron chi connectivity index (χ3n) is 2.34. The molecule has 19 heavy (non-hydrogen) atoms. The molecular formula is C13H13Cl2N3O. The third kappa shape index (κ3) is 4.58. The standard InChI is InChI=1S/C13H13Cl2N3O/c14-10-2-3-12(11(15)8-10)19-7-1-4-17-13-9-16-5-6-18-13/h2-3,5-6,8-9H,1,4,7H2,(H,17,18). The topological polar surface area (TPSA) is 47.0 Å². The van der Waals surface area contributed by atoms with E-state index in [9.17, 15) is 0 Å². The highest BCUT2D eigenvalue weighted by Gasteiger charge is 2.01. The summed E-state index contributed by atoms with van der Waals surface area (Å²) in [6, 6.07) is 5.18. The summed E-state index contributed by atoms with van der Waals surface area (Å²) in [5, 5.41) is 4.27. The normalized spacial score (nSPS) is 10.2. The van der Waals surface area contributed by atoms with Gasteiger partial charge in [-0.25, -0.2) is 4.98 Å². The van der Waals surface area contributed by atoms with Crippen LogP contribution in [0.1, 0.15) is 6.42 Å². The molecule has 0 saturated heterocycles. The van der Waals surface area contributed by atoms with Gasteiger partial charge in [0.05, 0.1) is 17.8 Å². The molecule has 0 fully saturated rings. The Hall–Kier alpha value is -1.52. The third-order valence-corrected chi connectivity index (χ3v) is 2.87. The van der Waals surface area contributed by atoms with Crippen molar-refractivity contribution in [3.05, 3.63) is 46.8 Å². The van der Waals surface area contributed by atoms with Crippen molar-refractivity contribution in [3.63, 3.8) is 0 Å². The van der Waals surface area contributed by atoms with Gasteiger partial charge in [-0.1, -0.05) is 23.2 Å². The van der Waals surface area contributed by atoms with E-state index in [-0.39, 0.29) is 0 Å². The van der Waals surface area contributed by atoms with Crippen LogP contribution in [0, 0.1) is 0 Å². The van der Waals surface area contributed by atoms with Crippen LogP contribution in [0.3, 0.4) is 0 Å². The number of hydrogen-bond donors (Lipinski definition) is 1. The highest BCUT2D eigenvalue weighted by Crippen LogP contribution is 2.27. The van der Waals surface area contributed by atoms with Crippen molar-refractivity contribution in [1.29, 1.82) is 0 Å². The number of aromatic nitrogens is 2. The second-order valence-electron chi connectivity index (χ2n) is 3.79. The van der Waals surface area contributed by atoms with Gasteiger partial charge in [0.1, 0.15) is 11.6 Å². The first kappa shape index (κ1) is 13.9. The molecule has 0 aliphatic heterocycles. The van der Waals surface area contributed by atoms with Gasteiger partial charge in [-0.15, -0.1) is 0 Å². The van der Waals surface area contributed by atoms with E-state index in [0.717, 1.165) is 18.8 Å². The maximum absolute atomic E-state index is 5.99. The first-order valence-electron chi connectivity index (χ1n) is 5.83. The van der Waals surface area contributed by atoms with Crippen molar-refractivity contribution in [2.24, 2.45) is 0 Å². The van der Waals surface area contributed by atoms with Crippen LogP contribution in [-0.4, -0.2) is 23.1 Å². The van der Waals surface area contributed by atoms with Crippen LogP contribution in [0.5, 0.6) is 5.75 Å². The number of rotatable bonds is 6. The first-order chi connectivity index (χ1) is 9.25. The van der Waals surface area contributed by atoms with Gasteiger partial charge >= 0.3 is 0 Å². The van der Waals surface area contributed by atoms with Crippen molar-refractivity contribution >= 4 is 29.0 Å². The van der Waals surface area contributed by atoms with E-state index in [2.05, 4.69) is 15.3 Å². The lowest BCUT2D eigenvalue weighted by Crippen LogP contribution is -2.08. The number of benzene rings is 1. The summed E-state index contributed by atoms with van der Waals surface area (Å²) in [6.07, 6.45) is 5.79. The Bertz CT molecular complexity index is 523. The molecule has 0 aliphatic rings. The maximum Gasteiger partial charge on any atom is 0.144 e. The Balaban J connectivity index is 1.69. The molecule has 0 amide bonds. The lowest BCUT2D eigenvalue weighted by atomic mass is 10.3. The zero-order valence-corrected chi connectivity index (χ0v) is 11.7. The van der Waals surface area contributed by atoms with Crippen LogP contribution in [-0.2, 0) is 0 Å². The molecule has 0 bridgehead atoms. The van der Waals surface area contributed by atoms with Gasteiger partial charge in [-0.05, 0) is 24.6 Å². The lowest BCUT2D eigenvalue weighted by Gasteiger charge is -2.08. The summed E-state index contributed by atoms with van der Waals surface area (Å²) >= 11 is 11.8. The van der Waals surface area contributed by atoms with Gasteiger partial charge in [-0.3, -0.25) is 4.98 Å². The molecule has 0 spiro atoms. The maximum atomic E-state index is 5.99. The highest BCUT2D eigenvalue weighted by molar-refractivity contribution is 6.35. The van der Waals surface area contributed by atoms with Crippen LogP contribution in [0.2, 0.25) is 10.0 Å². The summed E-state index contributed by atoms with van der Waals surface area (Å²) in [4.78, 5) is 8.07. The molecule has 4 nitrogen and oxygen atoms in total. The largest absolute Gasteiger partial charge is 0.492 e. The molecule has 100 valence electrons. The predicted molar refractivity (Wildman–Crippen MR) is 77.1 cm³/mol. The van der Waals surface area contributed by atoms with Crippen molar-refractivity contribution < 1.29 is 4.74 Å². The van der Waals surface area contributed by atoms with Crippen molar-refractivity contribution in [1.82, 2.24) is 9.97 Å². The van der Waals surface area contributed by atoms with Crippen molar-refractivity contribution in [3.8, 4) is 5.75 Å². The molecule has 0 unspecified atom stereocenters. The number of anilines is 1. The molecule has 0 radical (unpaired) electrons. The summed E-state index contributed by atoms with van der Waals surface area (Å²) in [6.45, 7) is 1.32. The Labute approximate surface area is 121 Å². The Morgan fingerprint density at radius 3 is 2.84 bits per heavy atom. The van der Waals surface area contributed by atoms with Gasteiger partial charge in [-0.2, -0.15) is 0 Å². The minimum Gasteiger partial charge on any atom is -0.492 e.